The fourth-order valence-corrected chi connectivity index (χ4v) is 10.1. The molecular weight excluding hydrogens is 991 g/mol. The molecule has 2 heterocycles. The van der Waals surface area contributed by atoms with Gasteiger partial charge in [-0.25, -0.2) is 0 Å². The monoisotopic (exact) mass is 1060 g/mol. The highest BCUT2D eigenvalue weighted by Crippen LogP contribution is 2.26. The molecule has 8 atom stereocenters. The third-order valence-electron chi connectivity index (χ3n) is 11.6. The van der Waals surface area contributed by atoms with Crippen molar-refractivity contribution >= 4 is 86.6 Å². The smallest absolute Gasteiger partial charge is 0.246 e. The van der Waals surface area contributed by atoms with E-state index in [4.69, 9.17) is 28.7 Å². The SMILES string of the molecule is NCCCC[C@H](NC(=O)[C@@H]1CCCN1C(=O)[C@@H]1CSSC[C@H](N)C(=O)N[C@H](Cc2ccc(O)cc2)C(=O)N[C@@H](Cc2ccccc2)C(=O)N[C@@H](CCC(N)=O)C(=O)N[C@@H](CC(N)=O)C(=O)N1)C(=O)NCC(N)=O. The lowest BCUT2D eigenvalue weighted by atomic mass is 10.0. The molecule has 73 heavy (non-hydrogen) atoms. The van der Waals surface area contributed by atoms with Gasteiger partial charge in [0.1, 0.15) is 48.0 Å². The highest BCUT2D eigenvalue weighted by molar-refractivity contribution is 8.76. The van der Waals surface area contributed by atoms with Gasteiger partial charge in [0, 0.05) is 37.3 Å². The van der Waals surface area contributed by atoms with Crippen molar-refractivity contribution in [3.05, 3.63) is 65.7 Å². The van der Waals surface area contributed by atoms with Gasteiger partial charge in [-0.15, -0.1) is 0 Å². The molecule has 2 fully saturated rings. The molecule has 0 aromatic heterocycles. The Bertz CT molecular complexity index is 2300. The number of likely N-dealkylation sites (tertiary alicyclic amines) is 1. The van der Waals surface area contributed by atoms with Crippen LogP contribution in [-0.4, -0.2) is 154 Å². The van der Waals surface area contributed by atoms with Gasteiger partial charge in [-0.05, 0) is 68.3 Å². The second-order valence-corrected chi connectivity index (χ2v) is 20.0. The summed E-state index contributed by atoms with van der Waals surface area (Å²) in [7, 11) is 2.02. The van der Waals surface area contributed by atoms with Crippen LogP contribution in [0.15, 0.2) is 54.6 Å². The number of unbranched alkanes of at least 4 members (excludes halogenated alkanes) is 1. The second kappa shape index (κ2) is 29.5. The maximum Gasteiger partial charge on any atom is 0.246 e. The van der Waals surface area contributed by atoms with Crippen molar-refractivity contribution < 1.29 is 57.8 Å². The number of nitrogens with two attached hydrogens (primary N) is 5. The molecule has 4 rings (SSSR count). The molecule has 0 bridgehead atoms. The zero-order valence-electron chi connectivity index (χ0n) is 40.0. The van der Waals surface area contributed by atoms with Crippen LogP contribution in [-0.2, 0) is 65.6 Å². The van der Waals surface area contributed by atoms with Gasteiger partial charge in [0.15, 0.2) is 0 Å². The van der Waals surface area contributed by atoms with Crippen molar-refractivity contribution in [3.63, 3.8) is 0 Å². The lowest BCUT2D eigenvalue weighted by Gasteiger charge is -2.31. The van der Waals surface area contributed by atoms with Crippen LogP contribution in [0.25, 0.3) is 0 Å². The summed E-state index contributed by atoms with van der Waals surface area (Å²) in [6.07, 6.45) is -0.386. The number of carbonyl (C=O) groups excluding carboxylic acids is 11. The van der Waals surface area contributed by atoms with E-state index >= 15 is 0 Å². The van der Waals surface area contributed by atoms with Crippen LogP contribution in [0.3, 0.4) is 0 Å². The van der Waals surface area contributed by atoms with Gasteiger partial charge < -0.3 is 75.9 Å². The average Bonchev–Trinajstić information content (AvgIpc) is 3.85. The molecular formula is C46H65N13O12S2. The molecule has 0 unspecified atom stereocenters. The van der Waals surface area contributed by atoms with E-state index in [0.717, 1.165) is 21.6 Å². The first-order valence-corrected chi connectivity index (χ1v) is 26.0. The molecule has 0 spiro atoms. The third-order valence-corrected chi connectivity index (χ3v) is 14.1. The quantitative estimate of drug-likeness (QED) is 0.0467. The summed E-state index contributed by atoms with van der Waals surface area (Å²) in [5, 5.41) is 27.7. The lowest BCUT2D eigenvalue weighted by Crippen LogP contribution is -2.61. The molecule has 18 N–H and O–H groups in total. The minimum absolute atomic E-state index is 0.0324. The van der Waals surface area contributed by atoms with Gasteiger partial charge in [-0.1, -0.05) is 64.1 Å². The minimum Gasteiger partial charge on any atom is -0.508 e. The van der Waals surface area contributed by atoms with Crippen LogP contribution >= 0.6 is 21.6 Å². The fraction of sp³-hybridized carbons (Fsp3) is 0.500. The van der Waals surface area contributed by atoms with E-state index in [0.29, 0.717) is 36.9 Å². The van der Waals surface area contributed by atoms with E-state index in [-0.39, 0.29) is 49.5 Å². The first-order valence-electron chi connectivity index (χ1n) is 23.5. The van der Waals surface area contributed by atoms with Crippen LogP contribution in [0, 0.1) is 0 Å². The van der Waals surface area contributed by atoms with Crippen molar-refractivity contribution in [2.24, 2.45) is 28.7 Å². The molecule has 2 aliphatic rings. The fourth-order valence-electron chi connectivity index (χ4n) is 7.79. The Labute approximate surface area is 428 Å². The van der Waals surface area contributed by atoms with Crippen LogP contribution in [0.5, 0.6) is 5.75 Å². The highest BCUT2D eigenvalue weighted by atomic mass is 33.1. The molecule has 0 radical (unpaired) electrons. The number of aromatic hydroxyl groups is 1. The van der Waals surface area contributed by atoms with Gasteiger partial charge >= 0.3 is 0 Å². The summed E-state index contributed by atoms with van der Waals surface area (Å²) in [6, 6.07) is 3.09. The summed E-state index contributed by atoms with van der Waals surface area (Å²) in [5.41, 5.74) is 29.2. The Hall–Kier alpha value is -6.97. The van der Waals surface area contributed by atoms with Crippen LogP contribution in [0.2, 0.25) is 0 Å². The van der Waals surface area contributed by atoms with Crippen molar-refractivity contribution in [2.75, 3.05) is 31.1 Å². The summed E-state index contributed by atoms with van der Waals surface area (Å²) < 4.78 is 0. The normalized spacial score (nSPS) is 23.0. The zero-order chi connectivity index (χ0) is 53.6. The third kappa shape index (κ3) is 19.5. The van der Waals surface area contributed by atoms with Gasteiger partial charge in [-0.2, -0.15) is 0 Å². The second-order valence-electron chi connectivity index (χ2n) is 17.4. The van der Waals surface area contributed by atoms with E-state index in [1.807, 2.05) is 0 Å². The first-order chi connectivity index (χ1) is 34.8. The Morgan fingerprint density at radius 2 is 1.27 bits per heavy atom. The molecule has 0 aliphatic carbocycles. The van der Waals surface area contributed by atoms with Crippen LogP contribution in [0.4, 0.5) is 0 Å². The van der Waals surface area contributed by atoms with E-state index in [2.05, 4.69) is 37.2 Å². The Morgan fingerprint density at radius 1 is 0.699 bits per heavy atom. The number of benzene rings is 2. The first kappa shape index (κ1) is 58.6. The molecule has 2 saturated heterocycles. The van der Waals surface area contributed by atoms with Crippen molar-refractivity contribution in [2.45, 2.75) is 113 Å². The molecule has 0 saturated carbocycles. The molecule has 398 valence electrons. The number of phenols is 1. The number of carbonyl (C=O) groups is 11. The number of rotatable bonds is 19. The number of hydrogen-bond donors (Lipinski definition) is 13. The predicted molar refractivity (Wildman–Crippen MR) is 269 cm³/mol. The average molecular weight is 1060 g/mol. The molecule has 27 heteroatoms. The van der Waals surface area contributed by atoms with Crippen LogP contribution in [0.1, 0.15) is 62.5 Å². The van der Waals surface area contributed by atoms with E-state index in [1.54, 1.807) is 30.3 Å². The number of primary amides is 3. The van der Waals surface area contributed by atoms with Gasteiger partial charge in [0.25, 0.3) is 0 Å². The number of phenolic OH excluding ortho intramolecular Hbond substituents is 1. The maximum absolute atomic E-state index is 14.6. The van der Waals surface area contributed by atoms with Gasteiger partial charge in [-0.3, -0.25) is 52.7 Å². The summed E-state index contributed by atoms with van der Waals surface area (Å²) in [6.45, 7) is -0.147. The van der Waals surface area contributed by atoms with Gasteiger partial charge in [0.2, 0.25) is 65.0 Å². The predicted octanol–water partition coefficient (Wildman–Crippen LogP) is -4.33. The molecule has 2 aromatic carbocycles. The van der Waals surface area contributed by atoms with Gasteiger partial charge in [0.05, 0.1) is 19.0 Å². The number of amides is 11. The summed E-state index contributed by atoms with van der Waals surface area (Å²) in [4.78, 5) is 149. The minimum atomic E-state index is -1.78. The molecule has 25 nitrogen and oxygen atoms in total. The van der Waals surface area contributed by atoms with Crippen LogP contribution < -0.4 is 65.9 Å². The van der Waals surface area contributed by atoms with Crippen molar-refractivity contribution in [1.29, 1.82) is 0 Å². The van der Waals surface area contributed by atoms with E-state index in [1.165, 1.54) is 29.2 Å². The summed E-state index contributed by atoms with van der Waals surface area (Å²) in [5.74, 6) is -10.0. The molecule has 11 amide bonds. The highest BCUT2D eigenvalue weighted by Gasteiger charge is 2.40. The largest absolute Gasteiger partial charge is 0.508 e. The topological polar surface area (TPSA) is 426 Å². The Morgan fingerprint density at radius 3 is 1.89 bits per heavy atom. The number of nitrogens with one attached hydrogen (secondary N) is 7. The summed E-state index contributed by atoms with van der Waals surface area (Å²) >= 11 is 0. The Kier molecular flexibility index (Phi) is 23.7. The molecule has 2 aliphatic heterocycles. The number of nitrogens with zero attached hydrogens (tertiary/aromatic N) is 1. The van der Waals surface area contributed by atoms with E-state index in [9.17, 15) is 57.8 Å². The Balaban J connectivity index is 1.71. The lowest BCUT2D eigenvalue weighted by molar-refractivity contribution is -0.142. The standard InChI is InChI=1S/C46H65N13O12S2/c47-17-5-4-9-29(40(65)52-22-38(51)63)54-45(70)35-10-6-18-59(35)46(71)34-24-73-72-23-28(48)39(64)55-31(20-26-11-13-27(60)14-12-26)43(68)56-32(19-25-7-2-1-3-8-25)42(67)53-30(15-16-36(49)61)41(66)57-33(21-37(50)62)44(69)58-34/h1-3,7-8,11-14,28-35,60H,4-6,9-10,15-24,47-48H2,(H2,49,61)(H2,50,62)(H2,51,63)(H,52,65)(H,53,67)(H,54,70)(H,55,64)(H,56,68)(H,57,66)(H,58,69)/t28-,29-,30-,31+,32-,33-,34-,35-/m0/s1. The van der Waals surface area contributed by atoms with E-state index < -0.39 is 139 Å². The maximum atomic E-state index is 14.6. The van der Waals surface area contributed by atoms with Crippen molar-refractivity contribution in [1.82, 2.24) is 42.1 Å². The number of hydrogen-bond acceptors (Lipinski definition) is 16. The molecule has 2 aromatic rings. The van der Waals surface area contributed by atoms with Crippen molar-refractivity contribution in [3.8, 4) is 5.75 Å². The zero-order valence-corrected chi connectivity index (χ0v) is 41.6.